The van der Waals surface area contributed by atoms with Gasteiger partial charge in [-0.25, -0.2) is 0 Å². The molecule has 0 amide bonds. The van der Waals surface area contributed by atoms with Crippen molar-refractivity contribution in [3.63, 3.8) is 0 Å². The highest BCUT2D eigenvalue weighted by molar-refractivity contribution is 5.32. The lowest BCUT2D eigenvalue weighted by atomic mass is 9.41. The van der Waals surface area contributed by atoms with Crippen LogP contribution in [0.3, 0.4) is 0 Å². The van der Waals surface area contributed by atoms with Gasteiger partial charge in [0.25, 0.3) is 0 Å². The highest BCUT2D eigenvalue weighted by Crippen LogP contribution is 2.89. The van der Waals surface area contributed by atoms with Gasteiger partial charge < -0.3 is 24.8 Å². The van der Waals surface area contributed by atoms with Crippen molar-refractivity contribution in [3.8, 4) is 0 Å². The van der Waals surface area contributed by atoms with Crippen molar-refractivity contribution in [1.29, 1.82) is 0 Å². The Morgan fingerprint density at radius 1 is 0.921 bits per heavy atom. The Balaban J connectivity index is 1.32. The van der Waals surface area contributed by atoms with Gasteiger partial charge >= 0.3 is 0 Å². The summed E-state index contributed by atoms with van der Waals surface area (Å²) in [6.07, 6.45) is 6.89. The van der Waals surface area contributed by atoms with Crippen LogP contribution in [0.1, 0.15) is 114 Å². The number of ether oxygens (including phenoxy) is 2. The largest absolute Gasteiger partial charge is 0.393 e. The summed E-state index contributed by atoms with van der Waals surface area (Å²) < 4.78 is 12.9. The van der Waals surface area contributed by atoms with Crippen LogP contribution < -0.4 is 0 Å². The second-order valence-corrected chi connectivity index (χ2v) is 16.8. The first-order valence-corrected chi connectivity index (χ1v) is 15.9. The summed E-state index contributed by atoms with van der Waals surface area (Å²) in [6.45, 7) is 19.8. The van der Waals surface area contributed by atoms with Gasteiger partial charge in [-0.2, -0.15) is 0 Å². The topological polar surface area (TPSA) is 79.2 Å². The zero-order valence-corrected chi connectivity index (χ0v) is 25.6. The zero-order valence-electron chi connectivity index (χ0n) is 25.6. The predicted molar refractivity (Wildman–Crippen MR) is 148 cm³/mol. The minimum atomic E-state index is -0.742. The van der Waals surface area contributed by atoms with Crippen LogP contribution in [-0.2, 0) is 9.47 Å². The van der Waals surface area contributed by atoms with Crippen molar-refractivity contribution in [2.45, 2.75) is 156 Å². The summed E-state index contributed by atoms with van der Waals surface area (Å²) in [6, 6.07) is 0. The van der Waals surface area contributed by atoms with Gasteiger partial charge in [-0.1, -0.05) is 34.6 Å². The molecule has 5 heteroatoms. The number of aliphatic hydroxyl groups is 3. The fourth-order valence-electron chi connectivity index (χ4n) is 12.7. The second kappa shape index (κ2) is 8.21. The third kappa shape index (κ3) is 3.18. The molecule has 0 aromatic rings. The molecule has 38 heavy (non-hydrogen) atoms. The van der Waals surface area contributed by atoms with Crippen molar-refractivity contribution in [1.82, 2.24) is 0 Å². The molecule has 5 nitrogen and oxygen atoms in total. The van der Waals surface area contributed by atoms with Gasteiger partial charge in [0.1, 0.15) is 6.10 Å². The average molecular weight is 533 g/mol. The molecule has 0 bridgehead atoms. The molecule has 1 aliphatic heterocycles. The van der Waals surface area contributed by atoms with Gasteiger partial charge in [-0.05, 0) is 124 Å². The quantitative estimate of drug-likeness (QED) is 0.431. The van der Waals surface area contributed by atoms with Crippen LogP contribution in [0.2, 0.25) is 0 Å². The highest BCUT2D eigenvalue weighted by atomic mass is 16.5. The molecule has 1 heterocycles. The van der Waals surface area contributed by atoms with Gasteiger partial charge in [0, 0.05) is 5.41 Å². The molecule has 218 valence electrons. The Hall–Kier alpha value is -0.200. The zero-order chi connectivity index (χ0) is 27.8. The van der Waals surface area contributed by atoms with E-state index in [-0.39, 0.29) is 40.7 Å². The molecule has 3 N–H and O–H groups in total. The predicted octanol–water partition coefficient (Wildman–Crippen LogP) is 5.73. The maximum Gasteiger partial charge on any atom is 0.109 e. The van der Waals surface area contributed by atoms with Crippen molar-refractivity contribution < 1.29 is 24.8 Å². The molecule has 0 radical (unpaired) electrons. The first-order chi connectivity index (χ1) is 17.5. The first kappa shape index (κ1) is 27.9. The molecule has 6 rings (SSSR count). The van der Waals surface area contributed by atoms with Crippen molar-refractivity contribution >= 4 is 0 Å². The third-order valence-electron chi connectivity index (χ3n) is 14.4. The summed E-state index contributed by atoms with van der Waals surface area (Å²) in [4.78, 5) is 0. The Bertz CT molecular complexity index is 961. The van der Waals surface area contributed by atoms with E-state index in [1.54, 1.807) is 0 Å². The molecule has 8 unspecified atom stereocenters. The molecule has 13 atom stereocenters. The van der Waals surface area contributed by atoms with Crippen molar-refractivity contribution in [3.05, 3.63) is 0 Å². The van der Waals surface area contributed by atoms with Crippen LogP contribution in [0.4, 0.5) is 0 Å². The van der Waals surface area contributed by atoms with E-state index in [1.165, 1.54) is 19.3 Å². The van der Waals surface area contributed by atoms with Crippen LogP contribution in [-0.4, -0.2) is 57.5 Å². The number of aliphatic hydroxyl groups excluding tert-OH is 3. The monoisotopic (exact) mass is 532 g/mol. The van der Waals surface area contributed by atoms with E-state index in [0.717, 1.165) is 32.1 Å². The van der Waals surface area contributed by atoms with E-state index in [4.69, 9.17) is 9.47 Å². The highest BCUT2D eigenvalue weighted by Gasteiger charge is 2.84. The lowest BCUT2D eigenvalue weighted by Crippen LogP contribution is -2.59. The Morgan fingerprint density at radius 2 is 1.55 bits per heavy atom. The molecule has 0 aromatic carbocycles. The average Bonchev–Trinajstić information content (AvgIpc) is 3.45. The van der Waals surface area contributed by atoms with E-state index >= 15 is 0 Å². The maximum atomic E-state index is 12.3. The van der Waals surface area contributed by atoms with Crippen LogP contribution in [0.15, 0.2) is 0 Å². The second-order valence-electron chi connectivity index (χ2n) is 16.8. The van der Waals surface area contributed by atoms with Gasteiger partial charge in [0.2, 0.25) is 0 Å². The number of rotatable bonds is 4. The van der Waals surface area contributed by atoms with Crippen molar-refractivity contribution in [2.75, 3.05) is 0 Å². The smallest absolute Gasteiger partial charge is 0.109 e. The number of hydrogen-bond acceptors (Lipinski definition) is 5. The lowest BCUT2D eigenvalue weighted by molar-refractivity contribution is -0.218. The summed E-state index contributed by atoms with van der Waals surface area (Å²) in [5.74, 6) is 1.75. The minimum absolute atomic E-state index is 0.0204. The summed E-state index contributed by atoms with van der Waals surface area (Å²) >= 11 is 0. The van der Waals surface area contributed by atoms with Crippen LogP contribution in [0.25, 0.3) is 0 Å². The molecule has 1 saturated heterocycles. The van der Waals surface area contributed by atoms with Gasteiger partial charge in [-0.3, -0.25) is 0 Å². The Morgan fingerprint density at radius 3 is 2.21 bits per heavy atom. The van der Waals surface area contributed by atoms with Gasteiger partial charge in [0.05, 0.1) is 36.1 Å². The fourth-order valence-corrected chi connectivity index (χ4v) is 12.7. The first-order valence-electron chi connectivity index (χ1n) is 15.9. The summed E-state index contributed by atoms with van der Waals surface area (Å²) in [7, 11) is 0. The van der Waals surface area contributed by atoms with Gasteiger partial charge in [-0.15, -0.1) is 0 Å². The lowest BCUT2D eigenvalue weighted by Gasteiger charge is -2.63. The third-order valence-corrected chi connectivity index (χ3v) is 14.4. The molecule has 5 aliphatic carbocycles. The summed E-state index contributed by atoms with van der Waals surface area (Å²) in [5, 5.41) is 34.7. The van der Waals surface area contributed by atoms with E-state index in [2.05, 4.69) is 34.6 Å². The molecule has 0 aromatic heterocycles. The SMILES string of the molecule is CC(C)OC(C)(C)[C@H](O)C1C[C@@H](C)C2C(O1)[C@H](O)[C@@]1(C)C3CC[C@H]4C(C)(C)C(O)CCC45CC35CCC21C. The van der Waals surface area contributed by atoms with Crippen molar-refractivity contribution in [2.24, 2.45) is 50.7 Å². The van der Waals surface area contributed by atoms with Gasteiger partial charge in [0.15, 0.2) is 0 Å². The van der Waals surface area contributed by atoms with E-state index in [0.29, 0.717) is 34.5 Å². The number of hydrogen-bond donors (Lipinski definition) is 3. The van der Waals surface area contributed by atoms with E-state index in [1.807, 2.05) is 27.7 Å². The Kier molecular flexibility index (Phi) is 6.04. The Labute approximate surface area is 231 Å². The standard InChI is InChI=1S/C33H56O5/c1-18(2)38-29(6,7)26(35)20-16-19(3)24-25(37-20)27(36)31(9)22-11-10-21-28(4,5)23(34)12-13-32(21)17-33(22,32)15-14-30(24,31)8/h18-27,34-36H,10-17H2,1-9H3/t19-,20?,21+,22?,23?,24?,25?,26-,27+,30?,31-,32?,33?/m1/s1. The fraction of sp³-hybridized carbons (Fsp3) is 1.00. The molecular weight excluding hydrogens is 476 g/mol. The van der Waals surface area contributed by atoms with Crippen LogP contribution in [0.5, 0.6) is 0 Å². The van der Waals surface area contributed by atoms with Crippen LogP contribution in [0, 0.1) is 50.7 Å². The molecule has 5 saturated carbocycles. The molecule has 2 spiro atoms. The van der Waals surface area contributed by atoms with E-state index < -0.39 is 17.8 Å². The normalized spacial score (nSPS) is 55.8. The van der Waals surface area contributed by atoms with Crippen LogP contribution >= 0.6 is 0 Å². The minimum Gasteiger partial charge on any atom is -0.393 e. The van der Waals surface area contributed by atoms with E-state index in [9.17, 15) is 15.3 Å². The maximum absolute atomic E-state index is 12.3. The number of fused-ring (bicyclic) bond motifs is 4. The summed E-state index contributed by atoms with van der Waals surface area (Å²) in [5.41, 5.74) is -0.260. The molecule has 6 aliphatic rings. The molecule has 6 fully saturated rings. The molecular formula is C33H56O5.